The van der Waals surface area contributed by atoms with E-state index in [1.165, 1.54) is 0 Å². The lowest BCUT2D eigenvalue weighted by molar-refractivity contribution is 0.312. The Morgan fingerprint density at radius 3 is 3.14 bits per heavy atom. The molecule has 0 aliphatic heterocycles. The van der Waals surface area contributed by atoms with Crippen LogP contribution in [0.4, 0.5) is 0 Å². The van der Waals surface area contributed by atoms with Crippen LogP contribution in [0.5, 0.6) is 5.75 Å². The number of aromatic nitrogens is 1. The van der Waals surface area contributed by atoms with Gasteiger partial charge in [0.05, 0.1) is 12.8 Å². The molecule has 0 spiro atoms. The summed E-state index contributed by atoms with van der Waals surface area (Å²) in [6, 6.07) is 1.83. The van der Waals surface area contributed by atoms with Crippen molar-refractivity contribution in [2.75, 3.05) is 13.2 Å². The zero-order chi connectivity index (χ0) is 10.2. The zero-order valence-electron chi connectivity index (χ0n) is 7.43. The van der Waals surface area contributed by atoms with Crippen LogP contribution in [0, 0.1) is 0 Å². The second kappa shape index (κ2) is 6.23. The predicted octanol–water partition coefficient (Wildman–Crippen LogP) is 2.92. The first-order chi connectivity index (χ1) is 6.83. The average Bonchev–Trinajstić information content (AvgIpc) is 2.18. The average molecular weight is 257 g/mol. The van der Waals surface area contributed by atoms with Crippen molar-refractivity contribution in [2.24, 2.45) is 5.11 Å². The van der Waals surface area contributed by atoms with Gasteiger partial charge in [0, 0.05) is 22.1 Å². The summed E-state index contributed by atoms with van der Waals surface area (Å²) in [5.74, 6) is 0.709. The van der Waals surface area contributed by atoms with Gasteiger partial charge in [-0.15, -0.1) is 0 Å². The molecule has 0 saturated heterocycles. The van der Waals surface area contributed by atoms with E-state index >= 15 is 0 Å². The molecule has 0 amide bonds. The van der Waals surface area contributed by atoms with Gasteiger partial charge >= 0.3 is 0 Å². The van der Waals surface area contributed by atoms with Gasteiger partial charge in [0.15, 0.2) is 0 Å². The molecule has 0 N–H and O–H groups in total. The van der Waals surface area contributed by atoms with Crippen LogP contribution in [-0.2, 0) is 0 Å². The van der Waals surface area contributed by atoms with Gasteiger partial charge in [-0.1, -0.05) is 5.11 Å². The monoisotopic (exact) mass is 256 g/mol. The van der Waals surface area contributed by atoms with Crippen molar-refractivity contribution in [1.82, 2.24) is 4.98 Å². The summed E-state index contributed by atoms with van der Waals surface area (Å²) in [7, 11) is 0. The molecule has 0 radical (unpaired) electrons. The lowest BCUT2D eigenvalue weighted by Gasteiger charge is -2.03. The van der Waals surface area contributed by atoms with Crippen LogP contribution >= 0.6 is 15.9 Å². The Balaban J connectivity index is 2.27. The molecule has 74 valence electrons. The Labute approximate surface area is 89.9 Å². The largest absolute Gasteiger partial charge is 0.492 e. The van der Waals surface area contributed by atoms with Gasteiger partial charge in [-0.2, -0.15) is 0 Å². The van der Waals surface area contributed by atoms with Crippen molar-refractivity contribution in [3.63, 3.8) is 0 Å². The van der Waals surface area contributed by atoms with E-state index in [0.717, 1.165) is 4.47 Å². The molecule has 0 aromatic carbocycles. The normalized spacial score (nSPS) is 9.21. The highest BCUT2D eigenvalue weighted by atomic mass is 79.9. The van der Waals surface area contributed by atoms with E-state index in [1.54, 1.807) is 12.4 Å². The van der Waals surface area contributed by atoms with Gasteiger partial charge in [0.2, 0.25) is 0 Å². The number of halogens is 1. The van der Waals surface area contributed by atoms with Crippen molar-refractivity contribution in [3.05, 3.63) is 33.4 Å². The minimum atomic E-state index is 0.456. The van der Waals surface area contributed by atoms with Crippen LogP contribution in [0.1, 0.15) is 6.42 Å². The second-order valence-corrected chi connectivity index (χ2v) is 3.41. The van der Waals surface area contributed by atoms with Crippen molar-refractivity contribution in [1.29, 1.82) is 0 Å². The van der Waals surface area contributed by atoms with Crippen LogP contribution < -0.4 is 4.74 Å². The Bertz CT molecular complexity index is 338. The van der Waals surface area contributed by atoms with Crippen LogP contribution in [-0.4, -0.2) is 18.1 Å². The number of hydrogen-bond acceptors (Lipinski definition) is 3. The predicted molar refractivity (Wildman–Crippen MR) is 56.1 cm³/mol. The molecule has 0 saturated carbocycles. The highest BCUT2D eigenvalue weighted by Gasteiger charge is 1.94. The molecule has 0 aliphatic carbocycles. The lowest BCUT2D eigenvalue weighted by atomic mass is 10.4. The molecule has 0 unspecified atom stereocenters. The van der Waals surface area contributed by atoms with Gasteiger partial charge in [-0.25, -0.2) is 0 Å². The van der Waals surface area contributed by atoms with Crippen molar-refractivity contribution < 1.29 is 4.74 Å². The molecule has 1 rings (SSSR count). The SMILES string of the molecule is [N-]=[N+]=NCCCOc1cncc(Br)c1. The molecule has 14 heavy (non-hydrogen) atoms. The van der Waals surface area contributed by atoms with E-state index in [-0.39, 0.29) is 0 Å². The smallest absolute Gasteiger partial charge is 0.138 e. The second-order valence-electron chi connectivity index (χ2n) is 2.50. The molecular formula is C8H9BrN4O. The third-order valence-electron chi connectivity index (χ3n) is 1.41. The Morgan fingerprint density at radius 2 is 2.43 bits per heavy atom. The van der Waals surface area contributed by atoms with E-state index in [4.69, 9.17) is 10.3 Å². The number of rotatable bonds is 5. The molecule has 1 heterocycles. The molecule has 0 atom stereocenters. The first-order valence-corrected chi connectivity index (χ1v) is 4.86. The first-order valence-electron chi connectivity index (χ1n) is 4.07. The standard InChI is InChI=1S/C8H9BrN4O/c9-7-4-8(6-11-5-7)14-3-1-2-12-13-10/h4-6H,1-3H2. The molecule has 0 bridgehead atoms. The summed E-state index contributed by atoms with van der Waals surface area (Å²) in [6.45, 7) is 0.981. The van der Waals surface area contributed by atoms with Gasteiger partial charge in [0.1, 0.15) is 5.75 Å². The van der Waals surface area contributed by atoms with Crippen LogP contribution in [0.25, 0.3) is 10.4 Å². The van der Waals surface area contributed by atoms with Gasteiger partial charge in [-0.05, 0) is 33.9 Å². The number of hydrogen-bond donors (Lipinski definition) is 0. The summed E-state index contributed by atoms with van der Waals surface area (Å²) in [5, 5.41) is 3.40. The molecule has 0 fully saturated rings. The summed E-state index contributed by atoms with van der Waals surface area (Å²) < 4.78 is 6.24. The maximum atomic E-state index is 8.02. The lowest BCUT2D eigenvalue weighted by Crippen LogP contribution is -1.98. The van der Waals surface area contributed by atoms with E-state index < -0.39 is 0 Å². The van der Waals surface area contributed by atoms with Crippen LogP contribution in [0.3, 0.4) is 0 Å². The molecule has 1 aromatic heterocycles. The molecular weight excluding hydrogens is 248 g/mol. The van der Waals surface area contributed by atoms with E-state index in [9.17, 15) is 0 Å². The van der Waals surface area contributed by atoms with E-state index in [1.807, 2.05) is 6.07 Å². The summed E-state index contributed by atoms with van der Waals surface area (Å²) in [4.78, 5) is 6.59. The highest BCUT2D eigenvalue weighted by Crippen LogP contribution is 2.15. The maximum Gasteiger partial charge on any atom is 0.138 e. The molecule has 1 aromatic rings. The van der Waals surface area contributed by atoms with Gasteiger partial charge in [-0.3, -0.25) is 4.98 Å². The Kier molecular flexibility index (Phi) is 4.82. The van der Waals surface area contributed by atoms with Gasteiger partial charge < -0.3 is 4.74 Å². The summed E-state index contributed by atoms with van der Waals surface area (Å²) in [5.41, 5.74) is 8.02. The van der Waals surface area contributed by atoms with Crippen molar-refractivity contribution in [3.8, 4) is 5.75 Å². The Hall–Kier alpha value is -1.26. The number of pyridine rings is 1. The third kappa shape index (κ3) is 4.11. The zero-order valence-corrected chi connectivity index (χ0v) is 9.01. The summed E-state index contributed by atoms with van der Waals surface area (Å²) in [6.07, 6.45) is 4.03. The topological polar surface area (TPSA) is 70.9 Å². The minimum absolute atomic E-state index is 0.456. The van der Waals surface area contributed by atoms with E-state index in [0.29, 0.717) is 25.3 Å². The third-order valence-corrected chi connectivity index (χ3v) is 1.85. The Morgan fingerprint density at radius 1 is 1.57 bits per heavy atom. The highest BCUT2D eigenvalue weighted by molar-refractivity contribution is 9.10. The fourth-order valence-corrected chi connectivity index (χ4v) is 1.19. The van der Waals surface area contributed by atoms with Gasteiger partial charge in [0.25, 0.3) is 0 Å². The fraction of sp³-hybridized carbons (Fsp3) is 0.375. The number of azide groups is 1. The fourth-order valence-electron chi connectivity index (χ4n) is 0.841. The molecule has 0 aliphatic rings. The molecule has 6 heteroatoms. The number of nitrogens with zero attached hydrogens (tertiary/aromatic N) is 4. The van der Waals surface area contributed by atoms with E-state index in [2.05, 4.69) is 30.9 Å². The van der Waals surface area contributed by atoms with Crippen molar-refractivity contribution >= 4 is 15.9 Å². The minimum Gasteiger partial charge on any atom is -0.492 e. The van der Waals surface area contributed by atoms with Crippen molar-refractivity contribution in [2.45, 2.75) is 6.42 Å². The summed E-state index contributed by atoms with van der Waals surface area (Å²) >= 11 is 3.29. The maximum absolute atomic E-state index is 8.02. The van der Waals surface area contributed by atoms with Crippen LogP contribution in [0.2, 0.25) is 0 Å². The quantitative estimate of drug-likeness (QED) is 0.352. The molecule has 5 nitrogen and oxygen atoms in total. The first kappa shape index (κ1) is 10.8. The van der Waals surface area contributed by atoms with Crippen LogP contribution in [0.15, 0.2) is 28.0 Å². The number of ether oxygens (including phenoxy) is 1.